The molecule has 0 radical (unpaired) electrons. The molecule has 2 heterocycles. The number of carbonyl (C=O) groups excluding carboxylic acids is 2. The Morgan fingerprint density at radius 2 is 1.50 bits per heavy atom. The molecule has 1 aromatic carbocycles. The van der Waals surface area contributed by atoms with Gasteiger partial charge in [0.15, 0.2) is 0 Å². The Bertz CT molecular complexity index is 631. The van der Waals surface area contributed by atoms with Crippen LogP contribution in [0.25, 0.3) is 0 Å². The molecular formula is C22H34N4O2. The number of hydrogen-bond acceptors (Lipinski definition) is 3. The summed E-state index contributed by atoms with van der Waals surface area (Å²) in [7, 11) is 0. The highest BCUT2D eigenvalue weighted by Crippen LogP contribution is 2.22. The molecule has 3 amide bonds. The first-order chi connectivity index (χ1) is 13.6. The van der Waals surface area contributed by atoms with Crippen molar-refractivity contribution < 1.29 is 9.59 Å². The van der Waals surface area contributed by atoms with E-state index in [2.05, 4.69) is 29.2 Å². The lowest BCUT2D eigenvalue weighted by atomic mass is 9.95. The molecule has 2 fully saturated rings. The van der Waals surface area contributed by atoms with Crippen LogP contribution in [0.4, 0.5) is 4.79 Å². The van der Waals surface area contributed by atoms with Gasteiger partial charge in [-0.05, 0) is 32.3 Å². The van der Waals surface area contributed by atoms with Crippen molar-refractivity contribution in [1.82, 2.24) is 19.6 Å². The van der Waals surface area contributed by atoms with Gasteiger partial charge in [-0.25, -0.2) is 4.79 Å². The quantitative estimate of drug-likeness (QED) is 0.781. The Labute approximate surface area is 169 Å². The first-order valence-electron chi connectivity index (χ1n) is 10.7. The molecule has 1 aromatic rings. The SMILES string of the molecule is CCN(CC)C(=O)N1CCC(C(=O)N2CCN(Cc3ccccc3)CC2)CC1. The second-order valence-electron chi connectivity index (χ2n) is 7.80. The summed E-state index contributed by atoms with van der Waals surface area (Å²) in [6.07, 6.45) is 1.58. The first-order valence-corrected chi connectivity index (χ1v) is 10.7. The summed E-state index contributed by atoms with van der Waals surface area (Å²) in [5.74, 6) is 0.357. The number of carbonyl (C=O) groups is 2. The van der Waals surface area contributed by atoms with Gasteiger partial charge in [0.2, 0.25) is 5.91 Å². The van der Waals surface area contributed by atoms with Crippen LogP contribution in [0.15, 0.2) is 30.3 Å². The molecule has 2 saturated heterocycles. The lowest BCUT2D eigenvalue weighted by Crippen LogP contribution is -2.52. The number of amides is 3. The Balaban J connectivity index is 1.43. The van der Waals surface area contributed by atoms with Crippen molar-refractivity contribution in [2.24, 2.45) is 5.92 Å². The fraction of sp³-hybridized carbons (Fsp3) is 0.636. The van der Waals surface area contributed by atoms with E-state index in [1.807, 2.05) is 34.6 Å². The van der Waals surface area contributed by atoms with Crippen LogP contribution in [-0.4, -0.2) is 83.9 Å². The van der Waals surface area contributed by atoms with Crippen LogP contribution in [-0.2, 0) is 11.3 Å². The molecule has 0 aliphatic carbocycles. The number of benzene rings is 1. The molecule has 0 bridgehead atoms. The van der Waals surface area contributed by atoms with Crippen LogP contribution < -0.4 is 0 Å². The Hall–Kier alpha value is -2.08. The smallest absolute Gasteiger partial charge is 0.319 e. The zero-order valence-corrected chi connectivity index (χ0v) is 17.3. The second-order valence-corrected chi connectivity index (χ2v) is 7.80. The van der Waals surface area contributed by atoms with Gasteiger partial charge in [-0.3, -0.25) is 9.69 Å². The normalized spacial score (nSPS) is 18.9. The number of likely N-dealkylation sites (tertiary alicyclic amines) is 1. The topological polar surface area (TPSA) is 47.1 Å². The van der Waals surface area contributed by atoms with Gasteiger partial charge < -0.3 is 14.7 Å². The van der Waals surface area contributed by atoms with E-state index in [0.717, 1.165) is 58.7 Å². The fourth-order valence-corrected chi connectivity index (χ4v) is 4.24. The molecule has 0 saturated carbocycles. The summed E-state index contributed by atoms with van der Waals surface area (Å²) >= 11 is 0. The van der Waals surface area contributed by atoms with Gasteiger partial charge in [0.25, 0.3) is 0 Å². The van der Waals surface area contributed by atoms with Crippen LogP contribution in [0.5, 0.6) is 0 Å². The van der Waals surface area contributed by atoms with Crippen molar-refractivity contribution in [1.29, 1.82) is 0 Å². The number of piperidine rings is 1. The third-order valence-corrected chi connectivity index (χ3v) is 6.08. The molecule has 2 aliphatic heterocycles. The molecule has 0 atom stereocenters. The maximum Gasteiger partial charge on any atom is 0.319 e. The van der Waals surface area contributed by atoms with Crippen LogP contribution >= 0.6 is 0 Å². The van der Waals surface area contributed by atoms with Gasteiger partial charge in [0.05, 0.1) is 0 Å². The maximum atomic E-state index is 12.9. The number of nitrogens with zero attached hydrogens (tertiary/aromatic N) is 4. The van der Waals surface area contributed by atoms with E-state index in [4.69, 9.17) is 0 Å². The predicted molar refractivity (Wildman–Crippen MR) is 111 cm³/mol. The highest BCUT2D eigenvalue weighted by atomic mass is 16.2. The van der Waals surface area contributed by atoms with E-state index in [0.29, 0.717) is 13.1 Å². The third kappa shape index (κ3) is 5.04. The van der Waals surface area contributed by atoms with Crippen LogP contribution in [0.2, 0.25) is 0 Å². The molecule has 0 unspecified atom stereocenters. The molecule has 154 valence electrons. The van der Waals surface area contributed by atoms with E-state index in [1.54, 1.807) is 0 Å². The van der Waals surface area contributed by atoms with E-state index in [9.17, 15) is 9.59 Å². The molecule has 6 nitrogen and oxygen atoms in total. The molecule has 6 heteroatoms. The number of rotatable bonds is 5. The van der Waals surface area contributed by atoms with E-state index in [1.165, 1.54) is 5.56 Å². The highest BCUT2D eigenvalue weighted by Gasteiger charge is 2.32. The van der Waals surface area contributed by atoms with Crippen molar-refractivity contribution in [3.8, 4) is 0 Å². The van der Waals surface area contributed by atoms with Gasteiger partial charge in [0.1, 0.15) is 0 Å². The van der Waals surface area contributed by atoms with Crippen LogP contribution in [0, 0.1) is 5.92 Å². The second kappa shape index (κ2) is 9.92. The zero-order chi connectivity index (χ0) is 19.9. The summed E-state index contributed by atoms with van der Waals surface area (Å²) in [4.78, 5) is 33.6. The van der Waals surface area contributed by atoms with Crippen molar-refractivity contribution in [3.05, 3.63) is 35.9 Å². The Morgan fingerprint density at radius 3 is 2.07 bits per heavy atom. The minimum atomic E-state index is 0.0708. The molecular weight excluding hydrogens is 352 g/mol. The predicted octanol–water partition coefficient (Wildman–Crippen LogP) is 2.50. The zero-order valence-electron chi connectivity index (χ0n) is 17.3. The van der Waals surface area contributed by atoms with E-state index >= 15 is 0 Å². The van der Waals surface area contributed by atoms with Crippen molar-refractivity contribution in [2.75, 3.05) is 52.4 Å². The molecule has 2 aliphatic rings. The summed E-state index contributed by atoms with van der Waals surface area (Å²) in [5, 5.41) is 0. The Morgan fingerprint density at radius 1 is 0.893 bits per heavy atom. The van der Waals surface area contributed by atoms with Crippen molar-refractivity contribution in [3.63, 3.8) is 0 Å². The monoisotopic (exact) mass is 386 g/mol. The van der Waals surface area contributed by atoms with Crippen molar-refractivity contribution >= 4 is 11.9 Å². The fourth-order valence-electron chi connectivity index (χ4n) is 4.24. The number of piperazine rings is 1. The summed E-state index contributed by atoms with van der Waals surface area (Å²) in [5.41, 5.74) is 1.33. The molecule has 0 spiro atoms. The minimum Gasteiger partial charge on any atom is -0.340 e. The largest absolute Gasteiger partial charge is 0.340 e. The van der Waals surface area contributed by atoms with Gasteiger partial charge in [-0.1, -0.05) is 30.3 Å². The molecule has 3 rings (SSSR count). The van der Waals surface area contributed by atoms with Gasteiger partial charge in [0, 0.05) is 64.8 Å². The minimum absolute atomic E-state index is 0.0708. The maximum absolute atomic E-state index is 12.9. The average Bonchev–Trinajstić information content (AvgIpc) is 2.75. The van der Waals surface area contributed by atoms with Gasteiger partial charge in [-0.15, -0.1) is 0 Å². The van der Waals surface area contributed by atoms with Crippen molar-refractivity contribution in [2.45, 2.75) is 33.2 Å². The standard InChI is InChI=1S/C22H34N4O2/c1-3-24(4-2)22(28)26-12-10-20(11-13-26)21(27)25-16-14-23(15-17-25)18-19-8-6-5-7-9-19/h5-9,20H,3-4,10-18H2,1-2H3. The van der Waals surface area contributed by atoms with E-state index < -0.39 is 0 Å². The lowest BCUT2D eigenvalue weighted by molar-refractivity contribution is -0.138. The number of hydrogen-bond donors (Lipinski definition) is 0. The van der Waals surface area contributed by atoms with Crippen LogP contribution in [0.1, 0.15) is 32.3 Å². The highest BCUT2D eigenvalue weighted by molar-refractivity contribution is 5.80. The Kier molecular flexibility index (Phi) is 7.31. The van der Waals surface area contributed by atoms with Gasteiger partial charge >= 0.3 is 6.03 Å². The molecule has 0 aromatic heterocycles. The summed E-state index contributed by atoms with van der Waals surface area (Å²) in [6.45, 7) is 11.3. The first kappa shape index (κ1) is 20.6. The average molecular weight is 387 g/mol. The van der Waals surface area contributed by atoms with Crippen LogP contribution in [0.3, 0.4) is 0 Å². The van der Waals surface area contributed by atoms with E-state index in [-0.39, 0.29) is 17.9 Å². The third-order valence-electron chi connectivity index (χ3n) is 6.08. The molecule has 0 N–H and O–H groups in total. The molecule has 28 heavy (non-hydrogen) atoms. The lowest BCUT2D eigenvalue weighted by Gasteiger charge is -2.39. The number of urea groups is 1. The summed E-state index contributed by atoms with van der Waals surface area (Å²) < 4.78 is 0. The van der Waals surface area contributed by atoms with Gasteiger partial charge in [-0.2, -0.15) is 0 Å². The summed E-state index contributed by atoms with van der Waals surface area (Å²) in [6, 6.07) is 10.6.